The van der Waals surface area contributed by atoms with Crippen LogP contribution in [0.1, 0.15) is 83.6 Å². The van der Waals surface area contributed by atoms with Crippen molar-refractivity contribution in [3.05, 3.63) is 58.9 Å². The topological polar surface area (TPSA) is 97.1 Å². The molecule has 0 bridgehead atoms. The van der Waals surface area contributed by atoms with Gasteiger partial charge in [0, 0.05) is 36.5 Å². The predicted molar refractivity (Wildman–Crippen MR) is 127 cm³/mol. The van der Waals surface area contributed by atoms with Gasteiger partial charge in [-0.2, -0.15) is 0 Å². The lowest BCUT2D eigenvalue weighted by Crippen LogP contribution is -2.31. The van der Waals surface area contributed by atoms with Crippen LogP contribution < -0.4 is 10.6 Å². The Bertz CT molecular complexity index is 1160. The molecule has 0 aliphatic heterocycles. The van der Waals surface area contributed by atoms with Crippen molar-refractivity contribution in [1.29, 1.82) is 0 Å². The van der Waals surface area contributed by atoms with Crippen LogP contribution in [-0.2, 0) is 0 Å². The van der Waals surface area contributed by atoms with E-state index in [1.165, 1.54) is 0 Å². The number of aromatic nitrogens is 2. The van der Waals surface area contributed by atoms with Gasteiger partial charge in [0.25, 0.3) is 11.8 Å². The molecule has 1 fully saturated rings. The molecule has 1 aromatic carbocycles. The van der Waals surface area contributed by atoms with E-state index in [9.17, 15) is 9.59 Å². The Labute approximate surface area is 194 Å². The lowest BCUT2D eigenvalue weighted by atomic mass is 9.80. The molecule has 0 atom stereocenters. The number of amides is 2. The van der Waals surface area contributed by atoms with Crippen molar-refractivity contribution in [2.24, 2.45) is 5.92 Å². The highest BCUT2D eigenvalue weighted by Gasteiger charge is 2.26. The van der Waals surface area contributed by atoms with E-state index in [1.54, 1.807) is 13.8 Å². The van der Waals surface area contributed by atoms with E-state index in [-0.39, 0.29) is 17.9 Å². The van der Waals surface area contributed by atoms with Gasteiger partial charge >= 0.3 is 0 Å². The van der Waals surface area contributed by atoms with Crippen molar-refractivity contribution in [3.63, 3.8) is 0 Å². The number of hydrogen-bond donors (Lipinski definition) is 2. The van der Waals surface area contributed by atoms with Crippen LogP contribution in [0.2, 0.25) is 0 Å². The molecular weight excluding hydrogens is 416 g/mol. The summed E-state index contributed by atoms with van der Waals surface area (Å²) in [5, 5.41) is 6.90. The Morgan fingerprint density at radius 1 is 1.06 bits per heavy atom. The fourth-order valence-electron chi connectivity index (χ4n) is 4.65. The highest BCUT2D eigenvalue weighted by atomic mass is 16.4. The van der Waals surface area contributed by atoms with Gasteiger partial charge in [0.05, 0.1) is 16.8 Å². The molecule has 7 heteroatoms. The molecule has 0 radical (unpaired) electrons. The van der Waals surface area contributed by atoms with Crippen molar-refractivity contribution in [3.8, 4) is 0 Å². The van der Waals surface area contributed by atoms with Gasteiger partial charge < -0.3 is 15.1 Å². The number of rotatable bonds is 6. The maximum Gasteiger partial charge on any atom is 0.289 e. The summed E-state index contributed by atoms with van der Waals surface area (Å²) in [5.74, 6) is 1.27. The van der Waals surface area contributed by atoms with E-state index in [1.807, 2.05) is 44.2 Å². The zero-order chi connectivity index (χ0) is 23.5. The van der Waals surface area contributed by atoms with Crippen LogP contribution in [-0.4, -0.2) is 34.4 Å². The van der Waals surface area contributed by atoms with Gasteiger partial charge in [0.15, 0.2) is 5.89 Å². The van der Waals surface area contributed by atoms with E-state index in [0.29, 0.717) is 41.3 Å². The summed E-state index contributed by atoms with van der Waals surface area (Å²) in [6.07, 6.45) is 3.97. The van der Waals surface area contributed by atoms with Crippen LogP contribution in [0.25, 0.3) is 10.9 Å². The Morgan fingerprint density at radius 3 is 2.45 bits per heavy atom. The standard InChI is InChI=1S/C26H32N4O3/c1-15(2)28-25(31)21-13-23(30-22-8-6-5-7-20(21)22)19-11-9-18(10-12-19)14-27-26(32)24-16(3)29-17(4)33-24/h5-8,13,15,18-19H,9-12,14H2,1-4H3,(H,27,32)(H,28,31). The zero-order valence-corrected chi connectivity index (χ0v) is 19.8. The number of oxazole rings is 1. The van der Waals surface area contributed by atoms with Gasteiger partial charge in [0.2, 0.25) is 5.76 Å². The van der Waals surface area contributed by atoms with Crippen molar-refractivity contribution in [1.82, 2.24) is 20.6 Å². The number of benzene rings is 1. The molecule has 0 spiro atoms. The van der Waals surface area contributed by atoms with Gasteiger partial charge in [-0.25, -0.2) is 4.98 Å². The third-order valence-electron chi connectivity index (χ3n) is 6.33. The van der Waals surface area contributed by atoms with E-state index >= 15 is 0 Å². The Hall–Kier alpha value is -3.22. The first kappa shape index (κ1) is 23.0. The number of hydrogen-bond acceptors (Lipinski definition) is 5. The van der Waals surface area contributed by atoms with Crippen LogP contribution in [0.3, 0.4) is 0 Å². The SMILES string of the molecule is Cc1nc(C)c(C(=O)NCC2CCC(c3cc(C(=O)NC(C)C)c4ccccc4n3)CC2)o1. The lowest BCUT2D eigenvalue weighted by Gasteiger charge is -2.28. The van der Waals surface area contributed by atoms with Crippen LogP contribution in [0.5, 0.6) is 0 Å². The van der Waals surface area contributed by atoms with Gasteiger partial charge in [-0.15, -0.1) is 0 Å². The molecule has 2 heterocycles. The van der Waals surface area contributed by atoms with Gasteiger partial charge in [-0.05, 0) is 64.5 Å². The van der Waals surface area contributed by atoms with E-state index in [2.05, 4.69) is 15.6 Å². The average molecular weight is 449 g/mol. The number of fused-ring (bicyclic) bond motifs is 1. The molecule has 174 valence electrons. The minimum absolute atomic E-state index is 0.0563. The van der Waals surface area contributed by atoms with Crippen molar-refractivity contribution >= 4 is 22.7 Å². The number of nitrogens with one attached hydrogen (secondary N) is 2. The largest absolute Gasteiger partial charge is 0.436 e. The number of aryl methyl sites for hydroxylation is 2. The van der Waals surface area contributed by atoms with Crippen LogP contribution in [0.15, 0.2) is 34.7 Å². The third kappa shape index (κ3) is 5.24. The molecule has 2 N–H and O–H groups in total. The average Bonchev–Trinajstić information content (AvgIpc) is 3.14. The molecule has 7 nitrogen and oxygen atoms in total. The second-order valence-electron chi connectivity index (χ2n) is 9.32. The number of carbonyl (C=O) groups is 2. The Balaban J connectivity index is 1.42. The normalized spacial score (nSPS) is 18.5. The molecule has 2 amide bonds. The fraction of sp³-hybridized carbons (Fsp3) is 0.462. The maximum atomic E-state index is 12.9. The molecule has 2 aromatic heterocycles. The Morgan fingerprint density at radius 2 is 1.79 bits per heavy atom. The van der Waals surface area contributed by atoms with E-state index in [4.69, 9.17) is 9.40 Å². The molecule has 0 saturated heterocycles. The quantitative estimate of drug-likeness (QED) is 0.571. The predicted octanol–water partition coefficient (Wildman–Crippen LogP) is 4.68. The molecule has 4 rings (SSSR count). The van der Waals surface area contributed by atoms with Gasteiger partial charge in [-0.3, -0.25) is 14.6 Å². The monoisotopic (exact) mass is 448 g/mol. The van der Waals surface area contributed by atoms with Crippen LogP contribution in [0.4, 0.5) is 0 Å². The van der Waals surface area contributed by atoms with Gasteiger partial charge in [0.1, 0.15) is 0 Å². The molecule has 1 aliphatic carbocycles. The smallest absolute Gasteiger partial charge is 0.289 e. The zero-order valence-electron chi connectivity index (χ0n) is 19.8. The van der Waals surface area contributed by atoms with E-state index in [0.717, 1.165) is 42.3 Å². The van der Waals surface area contributed by atoms with Crippen molar-refractivity contribution < 1.29 is 14.0 Å². The molecule has 3 aromatic rings. The van der Waals surface area contributed by atoms with Crippen molar-refractivity contribution in [2.45, 2.75) is 65.3 Å². The molecule has 33 heavy (non-hydrogen) atoms. The first-order chi connectivity index (χ1) is 15.8. The summed E-state index contributed by atoms with van der Waals surface area (Å²) in [5.41, 5.74) is 3.15. The van der Waals surface area contributed by atoms with E-state index < -0.39 is 0 Å². The fourth-order valence-corrected chi connectivity index (χ4v) is 4.65. The summed E-state index contributed by atoms with van der Waals surface area (Å²) in [6.45, 7) is 8.07. The van der Waals surface area contributed by atoms with Crippen LogP contribution >= 0.6 is 0 Å². The minimum Gasteiger partial charge on any atom is -0.436 e. The number of para-hydroxylation sites is 1. The highest BCUT2D eigenvalue weighted by Crippen LogP contribution is 2.36. The molecule has 1 aliphatic rings. The van der Waals surface area contributed by atoms with Gasteiger partial charge in [-0.1, -0.05) is 18.2 Å². The Kier molecular flexibility index (Phi) is 6.77. The summed E-state index contributed by atoms with van der Waals surface area (Å²) in [4.78, 5) is 34.3. The van der Waals surface area contributed by atoms with Crippen LogP contribution in [0, 0.1) is 19.8 Å². The maximum absolute atomic E-state index is 12.9. The third-order valence-corrected chi connectivity index (χ3v) is 6.33. The summed E-state index contributed by atoms with van der Waals surface area (Å²) in [7, 11) is 0. The first-order valence-corrected chi connectivity index (χ1v) is 11.7. The summed E-state index contributed by atoms with van der Waals surface area (Å²) in [6, 6.07) is 9.88. The van der Waals surface area contributed by atoms with Crippen molar-refractivity contribution in [2.75, 3.05) is 6.54 Å². The minimum atomic E-state index is -0.202. The second-order valence-corrected chi connectivity index (χ2v) is 9.32. The second kappa shape index (κ2) is 9.73. The molecule has 1 saturated carbocycles. The molecular formula is C26H32N4O3. The summed E-state index contributed by atoms with van der Waals surface area (Å²) >= 11 is 0. The number of nitrogens with zero attached hydrogens (tertiary/aromatic N) is 2. The molecule has 0 unspecified atom stereocenters. The summed E-state index contributed by atoms with van der Waals surface area (Å²) < 4.78 is 5.42. The lowest BCUT2D eigenvalue weighted by molar-refractivity contribution is 0.0911. The number of carbonyl (C=O) groups excluding carboxylic acids is 2. The first-order valence-electron chi connectivity index (χ1n) is 11.7. The number of pyridine rings is 1. The highest BCUT2D eigenvalue weighted by molar-refractivity contribution is 6.06.